The summed E-state index contributed by atoms with van der Waals surface area (Å²) >= 11 is 0. The highest BCUT2D eigenvalue weighted by Crippen LogP contribution is 2.12. The summed E-state index contributed by atoms with van der Waals surface area (Å²) in [5.74, 6) is 1.01. The van der Waals surface area contributed by atoms with Crippen molar-refractivity contribution in [3.8, 4) is 0 Å². The molecule has 0 amide bonds. The van der Waals surface area contributed by atoms with Gasteiger partial charge in [0.25, 0.3) is 0 Å². The van der Waals surface area contributed by atoms with Crippen molar-refractivity contribution in [3.05, 3.63) is 60.1 Å². The van der Waals surface area contributed by atoms with Crippen molar-refractivity contribution in [2.75, 3.05) is 6.54 Å². The first-order chi connectivity index (χ1) is 8.86. The molecule has 1 aromatic heterocycles. The summed E-state index contributed by atoms with van der Waals surface area (Å²) in [5, 5.41) is 3.48. The second-order valence-corrected chi connectivity index (χ2v) is 4.63. The van der Waals surface area contributed by atoms with Crippen LogP contribution in [0, 0.1) is 0 Å². The molecule has 0 spiro atoms. The number of rotatable bonds is 7. The highest BCUT2D eigenvalue weighted by atomic mass is 16.3. The van der Waals surface area contributed by atoms with Gasteiger partial charge in [0.1, 0.15) is 5.76 Å². The van der Waals surface area contributed by atoms with Gasteiger partial charge in [0, 0.05) is 0 Å². The van der Waals surface area contributed by atoms with Crippen LogP contribution >= 0.6 is 0 Å². The van der Waals surface area contributed by atoms with Gasteiger partial charge < -0.3 is 9.73 Å². The Kier molecular flexibility index (Phi) is 5.03. The first kappa shape index (κ1) is 12.9. The molecule has 96 valence electrons. The van der Waals surface area contributed by atoms with E-state index in [1.165, 1.54) is 18.4 Å². The third-order valence-corrected chi connectivity index (χ3v) is 3.16. The van der Waals surface area contributed by atoms with Crippen molar-refractivity contribution in [1.82, 2.24) is 5.32 Å². The number of hydrogen-bond donors (Lipinski definition) is 1. The zero-order valence-electron chi connectivity index (χ0n) is 10.9. The third kappa shape index (κ3) is 4.04. The minimum absolute atomic E-state index is 0.303. The van der Waals surface area contributed by atoms with Gasteiger partial charge in [-0.15, -0.1) is 0 Å². The average Bonchev–Trinajstić information content (AvgIpc) is 2.93. The minimum atomic E-state index is 0.303. The predicted octanol–water partition coefficient (Wildman–Crippen LogP) is 3.95. The monoisotopic (exact) mass is 243 g/mol. The molecule has 0 radical (unpaired) electrons. The van der Waals surface area contributed by atoms with Crippen LogP contribution in [0.15, 0.2) is 53.1 Å². The van der Waals surface area contributed by atoms with Gasteiger partial charge in [-0.05, 0) is 50.4 Å². The molecule has 1 atom stereocenters. The van der Waals surface area contributed by atoms with E-state index in [4.69, 9.17) is 4.42 Å². The van der Waals surface area contributed by atoms with E-state index in [-0.39, 0.29) is 0 Å². The fourth-order valence-electron chi connectivity index (χ4n) is 2.06. The molecule has 1 N–H and O–H groups in total. The lowest BCUT2D eigenvalue weighted by atomic mass is 10.1. The highest BCUT2D eigenvalue weighted by Gasteiger charge is 2.05. The van der Waals surface area contributed by atoms with E-state index in [9.17, 15) is 0 Å². The summed E-state index contributed by atoms with van der Waals surface area (Å²) in [7, 11) is 0. The summed E-state index contributed by atoms with van der Waals surface area (Å²) < 4.78 is 5.36. The Balaban J connectivity index is 1.59. The molecule has 0 unspecified atom stereocenters. The molecule has 0 saturated carbocycles. The zero-order valence-corrected chi connectivity index (χ0v) is 10.9. The molecule has 2 nitrogen and oxygen atoms in total. The van der Waals surface area contributed by atoms with Gasteiger partial charge in [-0.2, -0.15) is 0 Å². The van der Waals surface area contributed by atoms with E-state index in [2.05, 4.69) is 42.6 Å². The molecular formula is C16H21NO. The van der Waals surface area contributed by atoms with Gasteiger partial charge >= 0.3 is 0 Å². The molecular weight excluding hydrogens is 222 g/mol. The summed E-state index contributed by atoms with van der Waals surface area (Å²) in [6.07, 6.45) is 5.31. The van der Waals surface area contributed by atoms with Gasteiger partial charge in [-0.1, -0.05) is 30.3 Å². The van der Waals surface area contributed by atoms with Crippen LogP contribution in [0.2, 0.25) is 0 Å². The lowest BCUT2D eigenvalue weighted by Crippen LogP contribution is -2.19. The topological polar surface area (TPSA) is 25.2 Å². The SMILES string of the molecule is C[C@@H](NCCCCc1ccccc1)c1ccco1. The lowest BCUT2D eigenvalue weighted by Gasteiger charge is -2.10. The van der Waals surface area contributed by atoms with Crippen LogP contribution in [-0.2, 0) is 6.42 Å². The van der Waals surface area contributed by atoms with Gasteiger partial charge in [-0.3, -0.25) is 0 Å². The first-order valence-electron chi connectivity index (χ1n) is 6.67. The highest BCUT2D eigenvalue weighted by molar-refractivity contribution is 5.14. The maximum Gasteiger partial charge on any atom is 0.120 e. The van der Waals surface area contributed by atoms with Crippen LogP contribution in [0.4, 0.5) is 0 Å². The van der Waals surface area contributed by atoms with Gasteiger partial charge in [0.15, 0.2) is 0 Å². The van der Waals surface area contributed by atoms with Crippen molar-refractivity contribution in [3.63, 3.8) is 0 Å². The largest absolute Gasteiger partial charge is 0.468 e. The Morgan fingerprint density at radius 3 is 2.61 bits per heavy atom. The standard InChI is InChI=1S/C16H21NO/c1-14(16-11-7-13-18-16)17-12-6-5-10-15-8-3-2-4-9-15/h2-4,7-9,11,13-14,17H,5-6,10,12H2,1H3/t14-/m1/s1. The Hall–Kier alpha value is -1.54. The summed E-state index contributed by atoms with van der Waals surface area (Å²) in [6.45, 7) is 3.17. The van der Waals surface area contributed by atoms with Crippen LogP contribution in [-0.4, -0.2) is 6.54 Å². The van der Waals surface area contributed by atoms with Gasteiger partial charge in [0.2, 0.25) is 0 Å². The molecule has 2 heteroatoms. The van der Waals surface area contributed by atoms with Crippen molar-refractivity contribution in [1.29, 1.82) is 0 Å². The molecule has 2 rings (SSSR count). The van der Waals surface area contributed by atoms with E-state index in [0.29, 0.717) is 6.04 Å². The summed E-state index contributed by atoms with van der Waals surface area (Å²) in [5.41, 5.74) is 1.43. The van der Waals surface area contributed by atoms with Crippen LogP contribution in [0.1, 0.15) is 37.1 Å². The molecule has 0 saturated heterocycles. The Labute approximate surface area is 109 Å². The first-order valence-corrected chi connectivity index (χ1v) is 6.67. The zero-order chi connectivity index (χ0) is 12.6. The number of unbranched alkanes of at least 4 members (excludes halogenated alkanes) is 1. The van der Waals surface area contributed by atoms with Crippen molar-refractivity contribution >= 4 is 0 Å². The molecule has 0 aliphatic carbocycles. The Bertz CT molecular complexity index is 422. The maximum absolute atomic E-state index is 5.36. The van der Waals surface area contributed by atoms with E-state index < -0.39 is 0 Å². The maximum atomic E-state index is 5.36. The van der Waals surface area contributed by atoms with Crippen molar-refractivity contribution < 1.29 is 4.42 Å². The number of nitrogens with one attached hydrogen (secondary N) is 1. The second-order valence-electron chi connectivity index (χ2n) is 4.63. The number of hydrogen-bond acceptors (Lipinski definition) is 2. The Morgan fingerprint density at radius 1 is 1.06 bits per heavy atom. The van der Waals surface area contributed by atoms with Crippen molar-refractivity contribution in [2.24, 2.45) is 0 Å². The summed E-state index contributed by atoms with van der Waals surface area (Å²) in [4.78, 5) is 0. The molecule has 2 aromatic rings. The fraction of sp³-hybridized carbons (Fsp3) is 0.375. The van der Waals surface area contributed by atoms with E-state index in [1.807, 2.05) is 12.1 Å². The van der Waals surface area contributed by atoms with E-state index >= 15 is 0 Å². The number of aryl methyl sites for hydroxylation is 1. The molecule has 0 bridgehead atoms. The van der Waals surface area contributed by atoms with Crippen molar-refractivity contribution in [2.45, 2.75) is 32.2 Å². The number of furan rings is 1. The molecule has 0 aliphatic heterocycles. The molecule has 18 heavy (non-hydrogen) atoms. The number of benzene rings is 1. The quantitative estimate of drug-likeness (QED) is 0.745. The van der Waals surface area contributed by atoms with Crippen LogP contribution < -0.4 is 5.32 Å². The third-order valence-electron chi connectivity index (χ3n) is 3.16. The van der Waals surface area contributed by atoms with E-state index in [1.54, 1.807) is 6.26 Å². The average molecular weight is 243 g/mol. The molecule has 1 heterocycles. The molecule has 0 fully saturated rings. The van der Waals surface area contributed by atoms with Gasteiger partial charge in [-0.25, -0.2) is 0 Å². The molecule has 0 aliphatic rings. The van der Waals surface area contributed by atoms with Crippen LogP contribution in [0.25, 0.3) is 0 Å². The van der Waals surface area contributed by atoms with Crippen LogP contribution in [0.5, 0.6) is 0 Å². The molecule has 1 aromatic carbocycles. The fourth-order valence-corrected chi connectivity index (χ4v) is 2.06. The second kappa shape index (κ2) is 7.02. The Morgan fingerprint density at radius 2 is 1.89 bits per heavy atom. The van der Waals surface area contributed by atoms with E-state index in [0.717, 1.165) is 18.7 Å². The normalized spacial score (nSPS) is 12.5. The smallest absolute Gasteiger partial charge is 0.120 e. The lowest BCUT2D eigenvalue weighted by molar-refractivity contribution is 0.427. The van der Waals surface area contributed by atoms with Crippen LogP contribution in [0.3, 0.4) is 0 Å². The minimum Gasteiger partial charge on any atom is -0.468 e. The predicted molar refractivity (Wildman–Crippen MR) is 74.5 cm³/mol. The summed E-state index contributed by atoms with van der Waals surface area (Å²) in [6, 6.07) is 14.9. The van der Waals surface area contributed by atoms with Gasteiger partial charge in [0.05, 0.1) is 12.3 Å².